The molecule has 30 heavy (non-hydrogen) atoms. The molecule has 5 N–H and O–H groups in total. The summed E-state index contributed by atoms with van der Waals surface area (Å²) in [5, 5.41) is 29.1. The predicted octanol–water partition coefficient (Wildman–Crippen LogP) is 0.640. The molecular weight excluding hydrogens is 534 g/mol. The number of hydrogen-bond acceptors (Lipinski definition) is 8. The molecule has 13 heteroatoms. The Morgan fingerprint density at radius 2 is 1.87 bits per heavy atom. The van der Waals surface area contributed by atoms with E-state index in [9.17, 15) is 34.4 Å². The Morgan fingerprint density at radius 1 is 1.27 bits per heavy atom. The van der Waals surface area contributed by atoms with Crippen LogP contribution in [0.4, 0.5) is 0 Å². The van der Waals surface area contributed by atoms with Crippen molar-refractivity contribution in [3.05, 3.63) is 30.6 Å². The van der Waals surface area contributed by atoms with E-state index in [1.807, 2.05) is 0 Å². The first-order chi connectivity index (χ1) is 13.7. The van der Waals surface area contributed by atoms with Crippen molar-refractivity contribution >= 4 is 30.2 Å². The van der Waals surface area contributed by atoms with Gasteiger partial charge in [-0.3, -0.25) is 18.9 Å². The van der Waals surface area contributed by atoms with Gasteiger partial charge in [0.05, 0.1) is 15.3 Å². The highest BCUT2D eigenvalue weighted by Gasteiger charge is 2.50. The summed E-state index contributed by atoms with van der Waals surface area (Å²) >= 11 is 1.72. The molecule has 2 heterocycles. The van der Waals surface area contributed by atoms with Crippen LogP contribution in [0, 0.1) is 3.57 Å². The lowest BCUT2D eigenvalue weighted by molar-refractivity contribution is -0.0715. The maximum Gasteiger partial charge on any atom is 0.359 e. The molecule has 2 unspecified atom stereocenters. The van der Waals surface area contributed by atoms with Gasteiger partial charge in [-0.1, -0.05) is 13.8 Å². The van der Waals surface area contributed by atoms with E-state index in [1.165, 1.54) is 20.0 Å². The number of halogens is 1. The predicted molar refractivity (Wildman–Crippen MR) is 115 cm³/mol. The van der Waals surface area contributed by atoms with Gasteiger partial charge in [0.15, 0.2) is 11.6 Å². The number of hydrogen-bond donors (Lipinski definition) is 5. The number of aliphatic hydroxyl groups excluding tert-OH is 2. The largest absolute Gasteiger partial charge is 0.388 e. The summed E-state index contributed by atoms with van der Waals surface area (Å²) in [6.45, 7) is 5.98. The molecule has 0 bridgehead atoms. The van der Waals surface area contributed by atoms with Crippen LogP contribution in [0.3, 0.4) is 0 Å². The first kappa shape index (κ1) is 25.7. The van der Waals surface area contributed by atoms with Crippen molar-refractivity contribution in [2.45, 2.75) is 82.4 Å². The van der Waals surface area contributed by atoms with Gasteiger partial charge in [0.1, 0.15) is 12.2 Å². The molecule has 1 saturated heterocycles. The SMILES string of the molecule is CCC(C)(C[C@H]1O[C@@H](n2cc(I)c(=O)[nH]c2=O)[C@H](O)[C@@H]1O)OP(=O)(O)[C@@](C)(O)CC. The zero-order chi connectivity index (χ0) is 23.1. The Hall–Kier alpha value is -0.600. The minimum absolute atomic E-state index is 0.0162. The van der Waals surface area contributed by atoms with Crippen LogP contribution in [0.25, 0.3) is 0 Å². The fraction of sp³-hybridized carbons (Fsp3) is 0.765. The fourth-order valence-corrected chi connectivity index (χ4v) is 4.88. The topological polar surface area (TPSA) is 171 Å². The summed E-state index contributed by atoms with van der Waals surface area (Å²) in [4.78, 5) is 36.1. The zero-order valence-electron chi connectivity index (χ0n) is 17.1. The Balaban J connectivity index is 2.28. The van der Waals surface area contributed by atoms with Gasteiger partial charge in [0.25, 0.3) is 5.56 Å². The van der Waals surface area contributed by atoms with E-state index in [0.717, 1.165) is 4.57 Å². The van der Waals surface area contributed by atoms with Crippen LogP contribution < -0.4 is 11.2 Å². The monoisotopic (exact) mass is 562 g/mol. The van der Waals surface area contributed by atoms with Crippen molar-refractivity contribution in [3.63, 3.8) is 0 Å². The van der Waals surface area contributed by atoms with Gasteiger partial charge >= 0.3 is 13.3 Å². The van der Waals surface area contributed by atoms with Crippen LogP contribution in [-0.2, 0) is 13.8 Å². The number of H-pyrrole nitrogens is 1. The van der Waals surface area contributed by atoms with Gasteiger partial charge in [-0.15, -0.1) is 0 Å². The van der Waals surface area contributed by atoms with Crippen LogP contribution in [-0.4, -0.2) is 59.0 Å². The number of aromatic amines is 1. The average Bonchev–Trinajstić information content (AvgIpc) is 2.92. The first-order valence-corrected chi connectivity index (χ1v) is 12.1. The molecule has 1 aromatic rings. The molecule has 7 atom stereocenters. The summed E-state index contributed by atoms with van der Waals surface area (Å²) in [7, 11) is -4.46. The maximum atomic E-state index is 12.6. The van der Waals surface area contributed by atoms with E-state index in [0.29, 0.717) is 0 Å². The molecular formula is C17H28IN2O9P. The lowest BCUT2D eigenvalue weighted by Gasteiger charge is -2.37. The first-order valence-electron chi connectivity index (χ1n) is 9.46. The second-order valence-corrected chi connectivity index (χ2v) is 11.2. The number of ether oxygens (including phenoxy) is 1. The Bertz CT molecular complexity index is 933. The highest BCUT2D eigenvalue weighted by Crippen LogP contribution is 2.59. The van der Waals surface area contributed by atoms with Gasteiger partial charge < -0.3 is 29.5 Å². The summed E-state index contributed by atoms with van der Waals surface area (Å²) in [5.41, 5.74) is -2.69. The van der Waals surface area contributed by atoms with Gasteiger partial charge in [-0.2, -0.15) is 0 Å². The number of nitrogens with zero attached hydrogens (tertiary/aromatic N) is 1. The van der Waals surface area contributed by atoms with E-state index in [2.05, 4.69) is 4.98 Å². The third kappa shape index (κ3) is 5.07. The van der Waals surface area contributed by atoms with E-state index < -0.39 is 54.3 Å². The molecule has 1 aliphatic rings. The lowest BCUT2D eigenvalue weighted by Crippen LogP contribution is -2.40. The molecule has 2 rings (SSSR count). The van der Waals surface area contributed by atoms with Crippen LogP contribution in [0.1, 0.15) is 53.2 Å². The molecule has 0 aliphatic carbocycles. The average molecular weight is 562 g/mol. The van der Waals surface area contributed by atoms with Gasteiger partial charge in [-0.05, 0) is 49.3 Å². The maximum absolute atomic E-state index is 12.6. The van der Waals surface area contributed by atoms with Gasteiger partial charge in [-0.25, -0.2) is 4.79 Å². The number of rotatable bonds is 8. The Kier molecular flexibility index (Phi) is 7.78. The minimum Gasteiger partial charge on any atom is -0.388 e. The molecule has 1 aromatic heterocycles. The molecule has 11 nitrogen and oxygen atoms in total. The molecule has 0 radical (unpaired) electrons. The van der Waals surface area contributed by atoms with Crippen molar-refractivity contribution in [1.82, 2.24) is 9.55 Å². The molecule has 0 spiro atoms. The van der Waals surface area contributed by atoms with E-state index >= 15 is 0 Å². The van der Waals surface area contributed by atoms with Crippen LogP contribution in [0.5, 0.6) is 0 Å². The molecule has 1 fully saturated rings. The zero-order valence-corrected chi connectivity index (χ0v) is 20.2. The summed E-state index contributed by atoms with van der Waals surface area (Å²) < 4.78 is 24.9. The Labute approximate surface area is 186 Å². The highest BCUT2D eigenvalue weighted by molar-refractivity contribution is 14.1. The second-order valence-electron chi connectivity index (χ2n) is 7.88. The van der Waals surface area contributed by atoms with Crippen molar-refractivity contribution in [2.75, 3.05) is 0 Å². The van der Waals surface area contributed by atoms with Crippen molar-refractivity contribution in [1.29, 1.82) is 0 Å². The molecule has 0 amide bonds. The van der Waals surface area contributed by atoms with Crippen molar-refractivity contribution in [2.24, 2.45) is 0 Å². The smallest absolute Gasteiger partial charge is 0.359 e. The van der Waals surface area contributed by atoms with E-state index in [4.69, 9.17) is 9.26 Å². The van der Waals surface area contributed by atoms with Crippen LogP contribution >= 0.6 is 30.2 Å². The third-order valence-electron chi connectivity index (χ3n) is 5.54. The number of aliphatic hydroxyl groups is 3. The van der Waals surface area contributed by atoms with Crippen LogP contribution in [0.2, 0.25) is 0 Å². The normalized spacial score (nSPS) is 30.4. The molecule has 1 aliphatic heterocycles. The third-order valence-corrected chi connectivity index (χ3v) is 8.53. The molecule has 172 valence electrons. The lowest BCUT2D eigenvalue weighted by atomic mass is 9.93. The Morgan fingerprint density at radius 3 is 2.40 bits per heavy atom. The molecule has 0 aromatic carbocycles. The van der Waals surface area contributed by atoms with Gasteiger partial charge in [0.2, 0.25) is 0 Å². The molecule has 0 saturated carbocycles. The standard InChI is InChI=1S/C17H28IN2O9P/c1-5-16(3,29-30(26,27)17(4,25)6-2)7-10-11(21)12(22)14(28-10)20-8-9(18)13(23)19-15(20)24/h8,10-12,14,21-22,25H,5-7H2,1-4H3,(H,26,27)(H,19,23,24)/t10-,11-,12-,14-,16?,17-/m1/s1. The second kappa shape index (κ2) is 9.10. The fourth-order valence-electron chi connectivity index (χ4n) is 3.05. The quantitative estimate of drug-likeness (QED) is 0.225. The summed E-state index contributed by atoms with van der Waals surface area (Å²) in [5.74, 6) is 0. The summed E-state index contributed by atoms with van der Waals surface area (Å²) in [6.07, 6.45) is -3.90. The minimum atomic E-state index is -4.46. The highest BCUT2D eigenvalue weighted by atomic mass is 127. The van der Waals surface area contributed by atoms with E-state index in [-0.39, 0.29) is 22.8 Å². The summed E-state index contributed by atoms with van der Waals surface area (Å²) in [6, 6.07) is 0. The van der Waals surface area contributed by atoms with E-state index in [1.54, 1.807) is 36.4 Å². The van der Waals surface area contributed by atoms with Crippen LogP contribution in [0.15, 0.2) is 15.8 Å². The number of nitrogens with one attached hydrogen (secondary N) is 1. The number of aromatic nitrogens is 2. The van der Waals surface area contributed by atoms with Crippen molar-refractivity contribution < 1.29 is 34.0 Å². The van der Waals surface area contributed by atoms with Crippen molar-refractivity contribution in [3.8, 4) is 0 Å². The van der Waals surface area contributed by atoms with Gasteiger partial charge in [0, 0.05) is 12.6 Å².